The second kappa shape index (κ2) is 8.37. The van der Waals surface area contributed by atoms with Crippen molar-refractivity contribution in [2.45, 2.75) is 40.5 Å². The lowest BCUT2D eigenvalue weighted by molar-refractivity contribution is -0.118. The number of amides is 1. The fraction of sp³-hybridized carbons (Fsp3) is 0.476. The Hall–Kier alpha value is -2.63. The number of rotatable bonds is 5. The quantitative estimate of drug-likeness (QED) is 0.872. The van der Waals surface area contributed by atoms with Crippen LogP contribution in [0, 0.1) is 26.7 Å². The lowest BCUT2D eigenvalue weighted by Crippen LogP contribution is -2.35. The average molecular weight is 368 g/mol. The second-order valence-electron chi connectivity index (χ2n) is 7.48. The highest BCUT2D eigenvalue weighted by atomic mass is 16.5. The van der Waals surface area contributed by atoms with Gasteiger partial charge in [0.15, 0.2) is 6.61 Å². The molecule has 1 aromatic heterocycles. The fourth-order valence-electron chi connectivity index (χ4n) is 3.27. The molecule has 27 heavy (non-hydrogen) atoms. The minimum atomic E-state index is -0.206. The largest absolute Gasteiger partial charge is 0.467 e. The van der Waals surface area contributed by atoms with Gasteiger partial charge in [0.25, 0.3) is 5.91 Å². The zero-order valence-electron chi connectivity index (χ0n) is 16.6. The van der Waals surface area contributed by atoms with E-state index in [0.717, 1.165) is 36.5 Å². The molecule has 1 aliphatic heterocycles. The van der Waals surface area contributed by atoms with Gasteiger partial charge in [-0.15, -0.1) is 0 Å². The summed E-state index contributed by atoms with van der Waals surface area (Å²) in [5.41, 5.74) is 3.94. The first-order valence-electron chi connectivity index (χ1n) is 9.51. The predicted molar refractivity (Wildman–Crippen MR) is 107 cm³/mol. The molecule has 0 saturated carbocycles. The van der Waals surface area contributed by atoms with E-state index in [1.165, 1.54) is 12.0 Å². The van der Waals surface area contributed by atoms with E-state index in [9.17, 15) is 4.79 Å². The van der Waals surface area contributed by atoms with Crippen molar-refractivity contribution in [3.8, 4) is 5.88 Å². The zero-order chi connectivity index (χ0) is 19.4. The van der Waals surface area contributed by atoms with Crippen LogP contribution in [0.2, 0.25) is 0 Å². The molecule has 0 radical (unpaired) electrons. The van der Waals surface area contributed by atoms with Crippen molar-refractivity contribution in [2.24, 2.45) is 5.92 Å². The Morgan fingerprint density at radius 3 is 2.78 bits per heavy atom. The monoisotopic (exact) mass is 368 g/mol. The van der Waals surface area contributed by atoms with Gasteiger partial charge in [0.1, 0.15) is 0 Å². The van der Waals surface area contributed by atoms with Gasteiger partial charge in [-0.2, -0.15) is 4.98 Å². The molecule has 3 rings (SSSR count). The summed E-state index contributed by atoms with van der Waals surface area (Å²) < 4.78 is 5.64. The van der Waals surface area contributed by atoms with Crippen LogP contribution >= 0.6 is 0 Å². The van der Waals surface area contributed by atoms with Crippen LogP contribution < -0.4 is 15.0 Å². The number of hydrogen-bond donors (Lipinski definition) is 1. The number of anilines is 2. The molecular formula is C21H28N4O2. The van der Waals surface area contributed by atoms with Crippen LogP contribution in [-0.2, 0) is 4.79 Å². The Balaban J connectivity index is 1.61. The molecule has 0 spiro atoms. The van der Waals surface area contributed by atoms with Crippen molar-refractivity contribution < 1.29 is 9.53 Å². The van der Waals surface area contributed by atoms with Crippen LogP contribution in [0.25, 0.3) is 0 Å². The summed E-state index contributed by atoms with van der Waals surface area (Å²) in [6.45, 7) is 10.1. The fourth-order valence-corrected chi connectivity index (χ4v) is 3.27. The average Bonchev–Trinajstić information content (AvgIpc) is 2.63. The molecule has 1 aromatic carbocycles. The lowest BCUT2D eigenvalue weighted by atomic mass is 10.0. The van der Waals surface area contributed by atoms with Crippen LogP contribution in [0.15, 0.2) is 24.3 Å². The van der Waals surface area contributed by atoms with Gasteiger partial charge in [-0.05, 0) is 62.8 Å². The standard InChI is InChI=1S/C21H28N4O2/c1-14-6-5-9-25(12-14)21-22-17(4)11-20(24-21)27-13-19(26)23-18-8-7-15(2)16(3)10-18/h7-8,10-11,14H,5-6,9,12-13H2,1-4H3,(H,23,26)/t14-/m1/s1. The van der Waals surface area contributed by atoms with Gasteiger partial charge in [-0.3, -0.25) is 4.79 Å². The van der Waals surface area contributed by atoms with E-state index in [1.807, 2.05) is 39.0 Å². The number of carbonyl (C=O) groups excluding carboxylic acids is 1. The molecule has 144 valence electrons. The van der Waals surface area contributed by atoms with E-state index in [-0.39, 0.29) is 12.5 Å². The van der Waals surface area contributed by atoms with E-state index in [1.54, 1.807) is 6.07 Å². The third-order valence-electron chi connectivity index (χ3n) is 4.90. The Bertz CT molecular complexity index is 822. The Morgan fingerprint density at radius 1 is 1.22 bits per heavy atom. The van der Waals surface area contributed by atoms with E-state index in [2.05, 4.69) is 27.1 Å². The zero-order valence-corrected chi connectivity index (χ0v) is 16.6. The molecule has 6 heteroatoms. The molecule has 0 aliphatic carbocycles. The van der Waals surface area contributed by atoms with Crippen LogP contribution in [-0.4, -0.2) is 35.6 Å². The van der Waals surface area contributed by atoms with E-state index in [4.69, 9.17) is 4.74 Å². The van der Waals surface area contributed by atoms with Gasteiger partial charge < -0.3 is 15.0 Å². The maximum atomic E-state index is 12.2. The molecule has 2 heterocycles. The first kappa shape index (κ1) is 19.1. The number of piperidine rings is 1. The van der Waals surface area contributed by atoms with Gasteiger partial charge in [-0.1, -0.05) is 13.0 Å². The maximum absolute atomic E-state index is 12.2. The second-order valence-corrected chi connectivity index (χ2v) is 7.48. The maximum Gasteiger partial charge on any atom is 0.262 e. The molecule has 1 N–H and O–H groups in total. The van der Waals surface area contributed by atoms with Crippen molar-refractivity contribution in [3.05, 3.63) is 41.1 Å². The van der Waals surface area contributed by atoms with Crippen LogP contribution in [0.4, 0.5) is 11.6 Å². The molecule has 2 aromatic rings. The molecule has 1 fully saturated rings. The van der Waals surface area contributed by atoms with Crippen LogP contribution in [0.5, 0.6) is 5.88 Å². The number of aryl methyl sites for hydroxylation is 3. The molecule has 1 atom stereocenters. The highest BCUT2D eigenvalue weighted by Gasteiger charge is 2.19. The minimum absolute atomic E-state index is 0.0841. The van der Waals surface area contributed by atoms with Gasteiger partial charge in [0, 0.05) is 30.5 Å². The summed E-state index contributed by atoms with van der Waals surface area (Å²) in [5.74, 6) is 1.55. The molecule has 0 bridgehead atoms. The number of nitrogens with zero attached hydrogens (tertiary/aromatic N) is 3. The highest BCUT2D eigenvalue weighted by molar-refractivity contribution is 5.92. The Labute approximate surface area is 161 Å². The third-order valence-corrected chi connectivity index (χ3v) is 4.90. The summed E-state index contributed by atoms with van der Waals surface area (Å²) in [6, 6.07) is 7.61. The van der Waals surface area contributed by atoms with Gasteiger partial charge in [0.2, 0.25) is 11.8 Å². The van der Waals surface area contributed by atoms with E-state index >= 15 is 0 Å². The smallest absolute Gasteiger partial charge is 0.262 e. The van der Waals surface area contributed by atoms with Crippen LogP contribution in [0.1, 0.15) is 36.6 Å². The van der Waals surface area contributed by atoms with Gasteiger partial charge in [0.05, 0.1) is 0 Å². The van der Waals surface area contributed by atoms with Crippen molar-refractivity contribution in [1.82, 2.24) is 9.97 Å². The molecule has 1 aliphatic rings. The number of hydrogen-bond acceptors (Lipinski definition) is 5. The van der Waals surface area contributed by atoms with Crippen LogP contribution in [0.3, 0.4) is 0 Å². The number of ether oxygens (including phenoxy) is 1. The molecule has 1 saturated heterocycles. The Morgan fingerprint density at radius 2 is 2.04 bits per heavy atom. The molecule has 6 nitrogen and oxygen atoms in total. The predicted octanol–water partition coefficient (Wildman–Crippen LogP) is 3.66. The molecule has 1 amide bonds. The molecular weight excluding hydrogens is 340 g/mol. The Kier molecular flexibility index (Phi) is 5.94. The number of nitrogens with one attached hydrogen (secondary N) is 1. The van der Waals surface area contributed by atoms with E-state index < -0.39 is 0 Å². The summed E-state index contributed by atoms with van der Waals surface area (Å²) in [6.07, 6.45) is 2.39. The summed E-state index contributed by atoms with van der Waals surface area (Å²) in [4.78, 5) is 23.5. The van der Waals surface area contributed by atoms with Gasteiger partial charge in [-0.25, -0.2) is 4.98 Å². The minimum Gasteiger partial charge on any atom is -0.467 e. The number of aromatic nitrogens is 2. The van der Waals surface area contributed by atoms with Crippen molar-refractivity contribution in [3.63, 3.8) is 0 Å². The lowest BCUT2D eigenvalue weighted by Gasteiger charge is -2.31. The van der Waals surface area contributed by atoms with Crippen molar-refractivity contribution in [1.29, 1.82) is 0 Å². The highest BCUT2D eigenvalue weighted by Crippen LogP contribution is 2.22. The normalized spacial score (nSPS) is 16.9. The van der Waals surface area contributed by atoms with E-state index in [0.29, 0.717) is 17.7 Å². The molecule has 0 unspecified atom stereocenters. The SMILES string of the molecule is Cc1cc(OCC(=O)Nc2ccc(C)c(C)c2)nc(N2CCC[C@@H](C)C2)n1. The third kappa shape index (κ3) is 5.18. The summed E-state index contributed by atoms with van der Waals surface area (Å²) in [7, 11) is 0. The van der Waals surface area contributed by atoms with Crippen molar-refractivity contribution >= 4 is 17.5 Å². The number of benzene rings is 1. The first-order valence-corrected chi connectivity index (χ1v) is 9.51. The summed E-state index contributed by atoms with van der Waals surface area (Å²) in [5, 5.41) is 2.86. The van der Waals surface area contributed by atoms with Gasteiger partial charge >= 0.3 is 0 Å². The number of carbonyl (C=O) groups is 1. The first-order chi connectivity index (χ1) is 12.9. The topological polar surface area (TPSA) is 67.3 Å². The van der Waals surface area contributed by atoms with Crippen molar-refractivity contribution in [2.75, 3.05) is 29.9 Å². The summed E-state index contributed by atoms with van der Waals surface area (Å²) >= 11 is 0.